The highest BCUT2D eigenvalue weighted by molar-refractivity contribution is 8.03. The van der Waals surface area contributed by atoms with Crippen molar-refractivity contribution in [2.24, 2.45) is 0 Å². The van der Waals surface area contributed by atoms with Gasteiger partial charge in [-0.2, -0.15) is 0 Å². The Hall–Kier alpha value is -3.39. The molecule has 32 heavy (non-hydrogen) atoms. The van der Waals surface area contributed by atoms with E-state index >= 15 is 4.21 Å². The second-order valence-corrected chi connectivity index (χ2v) is 9.04. The lowest BCUT2D eigenvalue weighted by molar-refractivity contribution is 0.381. The Labute approximate surface area is 189 Å². The molecule has 3 aromatic carbocycles. The summed E-state index contributed by atoms with van der Waals surface area (Å²) in [7, 11) is 6.08. The maximum absolute atomic E-state index is 15.2. The number of rotatable bonds is 9. The van der Waals surface area contributed by atoms with Crippen molar-refractivity contribution in [2.45, 2.75) is 14.7 Å². The van der Waals surface area contributed by atoms with Crippen molar-refractivity contribution in [3.05, 3.63) is 54.6 Å². The van der Waals surface area contributed by atoms with Crippen LogP contribution in [0.1, 0.15) is 0 Å². The summed E-state index contributed by atoms with van der Waals surface area (Å²) >= 11 is 0. The number of hydrogen-bond acceptors (Lipinski definition) is 7. The maximum Gasteiger partial charge on any atom is 0.211 e. The highest BCUT2D eigenvalue weighted by atomic mass is 32.2. The van der Waals surface area contributed by atoms with Gasteiger partial charge >= 0.3 is 0 Å². The highest BCUT2D eigenvalue weighted by Crippen LogP contribution is 2.49. The summed E-state index contributed by atoms with van der Waals surface area (Å²) in [6.07, 6.45) is 0. The van der Waals surface area contributed by atoms with Gasteiger partial charge in [0.1, 0.15) is 17.2 Å². The normalized spacial score (nSPS) is 10.9. The smallest absolute Gasteiger partial charge is 0.211 e. The molecule has 0 aliphatic rings. The Morgan fingerprint density at radius 2 is 0.750 bits per heavy atom. The molecule has 0 fully saturated rings. The quantitative estimate of drug-likeness (QED) is 0.429. The molecular weight excluding hydrogens is 432 g/mol. The Morgan fingerprint density at radius 1 is 0.469 bits per heavy atom. The fraction of sp³-hybridized carbons (Fsp3) is 0.250. The third-order valence-electron chi connectivity index (χ3n) is 5.04. The molecule has 0 heterocycles. The van der Waals surface area contributed by atoms with E-state index in [2.05, 4.69) is 0 Å². The van der Waals surface area contributed by atoms with Crippen molar-refractivity contribution in [3.8, 4) is 34.5 Å². The minimum atomic E-state index is -3.17. The molecule has 0 aromatic heterocycles. The molecule has 3 aromatic rings. The molecule has 7 nitrogen and oxygen atoms in total. The van der Waals surface area contributed by atoms with Gasteiger partial charge in [-0.15, -0.1) is 0 Å². The van der Waals surface area contributed by atoms with E-state index in [0.717, 1.165) is 0 Å². The van der Waals surface area contributed by atoms with E-state index in [1.165, 1.54) is 21.3 Å². The second-order valence-electron chi connectivity index (χ2n) is 6.61. The first-order valence-corrected chi connectivity index (χ1v) is 11.2. The summed E-state index contributed by atoms with van der Waals surface area (Å²) in [4.78, 5) is 1.35. The summed E-state index contributed by atoms with van der Waals surface area (Å²) < 4.78 is 48.0. The zero-order valence-corrected chi connectivity index (χ0v) is 19.8. The summed E-state index contributed by atoms with van der Waals surface area (Å²) in [5.41, 5.74) is 0. The first-order valence-electron chi connectivity index (χ1n) is 9.67. The predicted molar refractivity (Wildman–Crippen MR) is 121 cm³/mol. The van der Waals surface area contributed by atoms with E-state index in [1.807, 2.05) is 0 Å². The molecular formula is C24H27O7S+. The minimum absolute atomic E-state index is 0.407. The maximum atomic E-state index is 15.2. The Morgan fingerprint density at radius 3 is 0.969 bits per heavy atom. The van der Waals surface area contributed by atoms with Gasteiger partial charge in [0.2, 0.25) is 14.7 Å². The average molecular weight is 460 g/mol. The lowest BCUT2D eigenvalue weighted by Crippen LogP contribution is -2.17. The first-order chi connectivity index (χ1) is 15.5. The van der Waals surface area contributed by atoms with Crippen molar-refractivity contribution >= 4 is 9.93 Å². The van der Waals surface area contributed by atoms with Crippen LogP contribution >= 0.6 is 0 Å². The SMILES string of the molecule is COc1ccc([S+](=O)(c2ccc(OC)cc2OC)c2ccc(OC)cc2OC)c(OC)c1. The largest absolute Gasteiger partial charge is 0.497 e. The van der Waals surface area contributed by atoms with Gasteiger partial charge in [0.05, 0.1) is 42.7 Å². The van der Waals surface area contributed by atoms with Crippen molar-refractivity contribution in [1.29, 1.82) is 0 Å². The molecule has 0 bridgehead atoms. The van der Waals surface area contributed by atoms with Crippen molar-refractivity contribution in [3.63, 3.8) is 0 Å². The lowest BCUT2D eigenvalue weighted by atomic mass is 10.3. The number of hydrogen-bond donors (Lipinski definition) is 0. The molecule has 0 amide bonds. The monoisotopic (exact) mass is 459 g/mol. The first kappa shape index (κ1) is 23.3. The highest BCUT2D eigenvalue weighted by Gasteiger charge is 2.46. The van der Waals surface area contributed by atoms with Crippen LogP contribution in [0, 0.1) is 0 Å². The Kier molecular flexibility index (Phi) is 7.15. The molecule has 0 N–H and O–H groups in total. The van der Waals surface area contributed by atoms with Crippen LogP contribution in [0.3, 0.4) is 0 Å². The van der Waals surface area contributed by atoms with E-state index in [1.54, 1.807) is 75.9 Å². The van der Waals surface area contributed by atoms with E-state index in [-0.39, 0.29) is 0 Å². The van der Waals surface area contributed by atoms with Gasteiger partial charge in [0.15, 0.2) is 27.2 Å². The van der Waals surface area contributed by atoms with Crippen molar-refractivity contribution < 1.29 is 32.6 Å². The zero-order chi connectivity index (χ0) is 23.3. The van der Waals surface area contributed by atoms with Gasteiger partial charge in [-0.05, 0) is 18.2 Å². The standard InChI is InChI=1S/C24H27O7S/c1-26-16-7-10-22(19(13-16)29-4)32(25,23-11-8-17(27-2)14-20(23)30-5)24-12-9-18(28-3)15-21(24)31-6/h7-15H,1-6H3/q+1. The molecule has 0 unspecified atom stereocenters. The molecule has 0 aliphatic heterocycles. The second kappa shape index (κ2) is 9.82. The van der Waals surface area contributed by atoms with Crippen LogP contribution in [-0.4, -0.2) is 42.7 Å². The average Bonchev–Trinajstić information content (AvgIpc) is 2.86. The van der Waals surface area contributed by atoms with E-state index < -0.39 is 9.93 Å². The van der Waals surface area contributed by atoms with Gasteiger partial charge in [-0.3, -0.25) is 0 Å². The summed E-state index contributed by atoms with van der Waals surface area (Å²) in [5, 5.41) is 0. The van der Waals surface area contributed by atoms with E-state index in [4.69, 9.17) is 28.4 Å². The van der Waals surface area contributed by atoms with Crippen LogP contribution in [0.2, 0.25) is 0 Å². The fourth-order valence-electron chi connectivity index (χ4n) is 3.39. The topological polar surface area (TPSA) is 72.5 Å². The van der Waals surface area contributed by atoms with Gasteiger partial charge in [-0.1, -0.05) is 4.21 Å². The zero-order valence-electron chi connectivity index (χ0n) is 19.0. The third-order valence-corrected chi connectivity index (χ3v) is 7.91. The molecule has 0 spiro atoms. The van der Waals surface area contributed by atoms with Crippen LogP contribution in [0.5, 0.6) is 34.5 Å². The number of benzene rings is 3. The van der Waals surface area contributed by atoms with Crippen molar-refractivity contribution in [1.82, 2.24) is 0 Å². The molecule has 0 saturated heterocycles. The summed E-state index contributed by atoms with van der Waals surface area (Å²) in [6.45, 7) is 0. The van der Waals surface area contributed by atoms with Crippen molar-refractivity contribution in [2.75, 3.05) is 42.7 Å². The van der Waals surface area contributed by atoms with Crippen LogP contribution in [-0.2, 0) is 14.1 Å². The van der Waals surface area contributed by atoms with Gasteiger partial charge in [0.25, 0.3) is 0 Å². The molecule has 8 heteroatoms. The Bertz CT molecular complexity index is 1000. The third kappa shape index (κ3) is 4.05. The Balaban J connectivity index is 2.43. The summed E-state index contributed by atoms with van der Waals surface area (Å²) in [6, 6.07) is 15.5. The van der Waals surface area contributed by atoms with Crippen LogP contribution < -0.4 is 28.4 Å². The molecule has 0 saturated carbocycles. The van der Waals surface area contributed by atoms with Gasteiger partial charge in [0, 0.05) is 36.4 Å². The number of ether oxygens (including phenoxy) is 6. The van der Waals surface area contributed by atoms with Crippen LogP contribution in [0.15, 0.2) is 69.3 Å². The van der Waals surface area contributed by atoms with Crippen LogP contribution in [0.25, 0.3) is 0 Å². The predicted octanol–water partition coefficient (Wildman–Crippen LogP) is 4.71. The van der Waals surface area contributed by atoms with Crippen LogP contribution in [0.4, 0.5) is 0 Å². The minimum Gasteiger partial charge on any atom is -0.497 e. The van der Waals surface area contributed by atoms with Gasteiger partial charge in [-0.25, -0.2) is 0 Å². The summed E-state index contributed by atoms with van der Waals surface area (Å²) in [5.74, 6) is 2.96. The molecule has 170 valence electrons. The molecule has 0 aliphatic carbocycles. The van der Waals surface area contributed by atoms with E-state index in [9.17, 15) is 0 Å². The molecule has 3 rings (SSSR count). The number of methoxy groups -OCH3 is 6. The molecule has 0 atom stereocenters. The molecule has 0 radical (unpaired) electrons. The fourth-order valence-corrected chi connectivity index (χ4v) is 6.16. The lowest BCUT2D eigenvalue weighted by Gasteiger charge is -2.19. The van der Waals surface area contributed by atoms with E-state index in [0.29, 0.717) is 49.2 Å². The van der Waals surface area contributed by atoms with Gasteiger partial charge < -0.3 is 28.4 Å².